The molecule has 19 heavy (non-hydrogen) atoms. The number of carbonyl (C=O) groups is 1. The van der Waals surface area contributed by atoms with Crippen molar-refractivity contribution in [1.29, 1.82) is 0 Å². The summed E-state index contributed by atoms with van der Waals surface area (Å²) in [4.78, 5) is 14.1. The van der Waals surface area contributed by atoms with E-state index in [1.165, 1.54) is 0 Å². The molecule has 0 spiro atoms. The SMILES string of the molecule is CC(C)C(C)N(C)C(=O)c1cccc(C#CCO)c1. The maximum atomic E-state index is 12.3. The van der Waals surface area contributed by atoms with Crippen LogP contribution in [0.3, 0.4) is 0 Å². The van der Waals surface area contributed by atoms with Crippen molar-refractivity contribution in [3.05, 3.63) is 35.4 Å². The molecule has 1 atom stereocenters. The lowest BCUT2D eigenvalue weighted by Crippen LogP contribution is -2.38. The third-order valence-electron chi connectivity index (χ3n) is 3.32. The van der Waals surface area contributed by atoms with Crippen molar-refractivity contribution in [2.24, 2.45) is 5.92 Å². The molecule has 102 valence electrons. The van der Waals surface area contributed by atoms with E-state index in [-0.39, 0.29) is 18.6 Å². The van der Waals surface area contributed by atoms with Gasteiger partial charge in [-0.2, -0.15) is 0 Å². The second-order valence-electron chi connectivity index (χ2n) is 4.94. The van der Waals surface area contributed by atoms with Crippen LogP contribution in [0.25, 0.3) is 0 Å². The predicted octanol–water partition coefficient (Wildman–Crippen LogP) is 2.15. The standard InChI is InChI=1S/C16H21NO2/c1-12(2)13(3)17(4)16(19)15-9-5-7-14(11-15)8-6-10-18/h5,7,9,11-13,18H,10H2,1-4H3. The molecule has 0 radical (unpaired) electrons. The fourth-order valence-electron chi connectivity index (χ4n) is 1.71. The zero-order valence-electron chi connectivity index (χ0n) is 12.0. The zero-order chi connectivity index (χ0) is 14.4. The van der Waals surface area contributed by atoms with Crippen LogP contribution in [0, 0.1) is 17.8 Å². The molecule has 1 rings (SSSR count). The van der Waals surface area contributed by atoms with Crippen molar-refractivity contribution < 1.29 is 9.90 Å². The summed E-state index contributed by atoms with van der Waals surface area (Å²) in [5.41, 5.74) is 1.37. The maximum Gasteiger partial charge on any atom is 0.253 e. The minimum atomic E-state index is -0.178. The maximum absolute atomic E-state index is 12.3. The number of aliphatic hydroxyl groups excluding tert-OH is 1. The van der Waals surface area contributed by atoms with Crippen molar-refractivity contribution in [3.8, 4) is 11.8 Å². The highest BCUT2D eigenvalue weighted by Gasteiger charge is 2.19. The van der Waals surface area contributed by atoms with E-state index < -0.39 is 0 Å². The molecule has 0 aromatic heterocycles. The summed E-state index contributed by atoms with van der Waals surface area (Å²) < 4.78 is 0. The van der Waals surface area contributed by atoms with Gasteiger partial charge in [-0.1, -0.05) is 31.8 Å². The Bertz CT molecular complexity index is 497. The van der Waals surface area contributed by atoms with E-state index in [2.05, 4.69) is 25.7 Å². The van der Waals surface area contributed by atoms with Gasteiger partial charge in [0, 0.05) is 24.2 Å². The molecule has 1 amide bonds. The number of rotatable bonds is 3. The molecular formula is C16H21NO2. The molecule has 0 saturated carbocycles. The Hall–Kier alpha value is -1.79. The Balaban J connectivity index is 2.94. The van der Waals surface area contributed by atoms with Gasteiger partial charge in [-0.25, -0.2) is 0 Å². The van der Waals surface area contributed by atoms with Crippen molar-refractivity contribution in [3.63, 3.8) is 0 Å². The second kappa shape index (κ2) is 6.96. The third-order valence-corrected chi connectivity index (χ3v) is 3.32. The second-order valence-corrected chi connectivity index (χ2v) is 4.94. The van der Waals surface area contributed by atoms with Gasteiger partial charge in [-0.3, -0.25) is 4.79 Å². The van der Waals surface area contributed by atoms with E-state index in [0.29, 0.717) is 11.5 Å². The van der Waals surface area contributed by atoms with Gasteiger partial charge in [0.05, 0.1) is 0 Å². The number of hydrogen-bond acceptors (Lipinski definition) is 2. The summed E-state index contributed by atoms with van der Waals surface area (Å²) in [5, 5.41) is 8.68. The molecule has 1 N–H and O–H groups in total. The third kappa shape index (κ3) is 4.11. The van der Waals surface area contributed by atoms with E-state index in [0.717, 1.165) is 5.56 Å². The van der Waals surface area contributed by atoms with Crippen LogP contribution in [0.2, 0.25) is 0 Å². The Morgan fingerprint density at radius 1 is 1.37 bits per heavy atom. The van der Waals surface area contributed by atoms with E-state index >= 15 is 0 Å². The summed E-state index contributed by atoms with van der Waals surface area (Å²) in [5.74, 6) is 5.79. The highest BCUT2D eigenvalue weighted by Crippen LogP contribution is 2.13. The highest BCUT2D eigenvalue weighted by atomic mass is 16.2. The molecule has 3 nitrogen and oxygen atoms in total. The summed E-state index contributed by atoms with van der Waals surface area (Å²) in [7, 11) is 1.82. The normalized spacial score (nSPS) is 11.7. The summed E-state index contributed by atoms with van der Waals surface area (Å²) in [6.45, 7) is 6.05. The molecule has 0 saturated heterocycles. The van der Waals surface area contributed by atoms with Crippen LogP contribution < -0.4 is 0 Å². The van der Waals surface area contributed by atoms with Crippen molar-refractivity contribution >= 4 is 5.91 Å². The van der Waals surface area contributed by atoms with E-state index in [1.807, 2.05) is 26.1 Å². The lowest BCUT2D eigenvalue weighted by atomic mass is 10.0. The zero-order valence-corrected chi connectivity index (χ0v) is 12.0. The van der Waals surface area contributed by atoms with Crippen LogP contribution in [-0.2, 0) is 0 Å². The monoisotopic (exact) mass is 259 g/mol. The topological polar surface area (TPSA) is 40.5 Å². The fourth-order valence-corrected chi connectivity index (χ4v) is 1.71. The lowest BCUT2D eigenvalue weighted by Gasteiger charge is -2.28. The van der Waals surface area contributed by atoms with Gasteiger partial charge in [-0.05, 0) is 31.0 Å². The molecule has 0 aliphatic heterocycles. The van der Waals surface area contributed by atoms with Gasteiger partial charge in [0.15, 0.2) is 0 Å². The molecule has 0 aliphatic rings. The van der Waals surface area contributed by atoms with Crippen molar-refractivity contribution in [2.75, 3.05) is 13.7 Å². The first-order chi connectivity index (χ1) is 8.97. The van der Waals surface area contributed by atoms with Gasteiger partial charge in [0.25, 0.3) is 5.91 Å². The highest BCUT2D eigenvalue weighted by molar-refractivity contribution is 5.94. The van der Waals surface area contributed by atoms with Gasteiger partial charge < -0.3 is 10.0 Å². The summed E-state index contributed by atoms with van der Waals surface area (Å²) in [6.07, 6.45) is 0. The van der Waals surface area contributed by atoms with E-state index in [1.54, 1.807) is 17.0 Å². The molecule has 3 heteroatoms. The van der Waals surface area contributed by atoms with Crippen LogP contribution in [-0.4, -0.2) is 35.6 Å². The van der Waals surface area contributed by atoms with E-state index in [9.17, 15) is 4.79 Å². The molecule has 0 fully saturated rings. The first-order valence-electron chi connectivity index (χ1n) is 6.44. The largest absolute Gasteiger partial charge is 0.384 e. The molecule has 1 unspecified atom stereocenters. The van der Waals surface area contributed by atoms with Crippen molar-refractivity contribution in [2.45, 2.75) is 26.8 Å². The molecule has 1 aromatic carbocycles. The fraction of sp³-hybridized carbons (Fsp3) is 0.438. The molecule has 0 bridgehead atoms. The smallest absolute Gasteiger partial charge is 0.253 e. The van der Waals surface area contributed by atoms with Gasteiger partial charge in [0.1, 0.15) is 6.61 Å². The van der Waals surface area contributed by atoms with Crippen LogP contribution >= 0.6 is 0 Å². The number of aliphatic hydroxyl groups is 1. The van der Waals surface area contributed by atoms with Crippen LogP contribution in [0.5, 0.6) is 0 Å². The van der Waals surface area contributed by atoms with Crippen molar-refractivity contribution in [1.82, 2.24) is 4.90 Å². The molecule has 0 aliphatic carbocycles. The predicted molar refractivity (Wildman–Crippen MR) is 76.8 cm³/mol. The van der Waals surface area contributed by atoms with Crippen LogP contribution in [0.4, 0.5) is 0 Å². The first kappa shape index (κ1) is 15.3. The van der Waals surface area contributed by atoms with Crippen LogP contribution in [0.15, 0.2) is 24.3 Å². The van der Waals surface area contributed by atoms with E-state index in [4.69, 9.17) is 5.11 Å². The number of benzene rings is 1. The Labute approximate surface area is 115 Å². The number of amides is 1. The average Bonchev–Trinajstić information content (AvgIpc) is 2.42. The molecule has 0 heterocycles. The Morgan fingerprint density at radius 2 is 2.05 bits per heavy atom. The van der Waals surface area contributed by atoms with Crippen LogP contribution in [0.1, 0.15) is 36.7 Å². The minimum absolute atomic E-state index is 0.00570. The number of carbonyl (C=O) groups excluding carboxylic acids is 1. The Kier molecular flexibility index (Phi) is 5.59. The lowest BCUT2D eigenvalue weighted by molar-refractivity contribution is 0.0707. The molecular weight excluding hydrogens is 238 g/mol. The number of nitrogens with zero attached hydrogens (tertiary/aromatic N) is 1. The summed E-state index contributed by atoms with van der Waals surface area (Å²) >= 11 is 0. The first-order valence-corrected chi connectivity index (χ1v) is 6.44. The summed E-state index contributed by atoms with van der Waals surface area (Å²) in [6, 6.07) is 7.36. The minimum Gasteiger partial charge on any atom is -0.384 e. The number of hydrogen-bond donors (Lipinski definition) is 1. The van der Waals surface area contributed by atoms with Gasteiger partial charge >= 0.3 is 0 Å². The average molecular weight is 259 g/mol. The quantitative estimate of drug-likeness (QED) is 0.845. The van der Waals surface area contributed by atoms with Gasteiger partial charge in [-0.15, -0.1) is 0 Å². The molecule has 1 aromatic rings. The Morgan fingerprint density at radius 3 is 2.63 bits per heavy atom. The van der Waals surface area contributed by atoms with Gasteiger partial charge in [0.2, 0.25) is 0 Å².